The lowest BCUT2D eigenvalue weighted by Gasteiger charge is -2.20. The van der Waals surface area contributed by atoms with Crippen molar-refractivity contribution < 1.29 is 4.39 Å². The van der Waals surface area contributed by atoms with Gasteiger partial charge in [-0.05, 0) is 59.4 Å². The Morgan fingerprint density at radius 2 is 2.14 bits per heavy atom. The number of halogens is 2. The standard InChI is InChI=1S/C17H20BrFN2/c1-3-7-21-16(9-13-8-14(18)11-20-10-13)15-6-4-5-12(2)17(15)19/h4-6,8,10-11,16,21H,3,7,9H2,1-2H3. The summed E-state index contributed by atoms with van der Waals surface area (Å²) in [7, 11) is 0. The van der Waals surface area contributed by atoms with Crippen molar-refractivity contribution >= 4 is 15.9 Å². The second kappa shape index (κ2) is 7.66. The summed E-state index contributed by atoms with van der Waals surface area (Å²) < 4.78 is 15.3. The Hall–Kier alpha value is -1.26. The smallest absolute Gasteiger partial charge is 0.130 e. The Labute approximate surface area is 133 Å². The van der Waals surface area contributed by atoms with Gasteiger partial charge in [-0.25, -0.2) is 4.39 Å². The van der Waals surface area contributed by atoms with Crippen LogP contribution in [-0.2, 0) is 6.42 Å². The van der Waals surface area contributed by atoms with Crippen LogP contribution in [0.1, 0.15) is 36.1 Å². The minimum absolute atomic E-state index is 0.0408. The number of pyridine rings is 1. The quantitative estimate of drug-likeness (QED) is 0.824. The van der Waals surface area contributed by atoms with E-state index in [1.165, 1.54) is 0 Å². The summed E-state index contributed by atoms with van der Waals surface area (Å²) >= 11 is 3.43. The highest BCUT2D eigenvalue weighted by Crippen LogP contribution is 2.24. The van der Waals surface area contributed by atoms with Crippen LogP contribution >= 0.6 is 15.9 Å². The molecule has 0 fully saturated rings. The molecule has 21 heavy (non-hydrogen) atoms. The fraction of sp³-hybridized carbons (Fsp3) is 0.353. The van der Waals surface area contributed by atoms with E-state index < -0.39 is 0 Å². The molecule has 112 valence electrons. The molecule has 0 bridgehead atoms. The highest BCUT2D eigenvalue weighted by Gasteiger charge is 2.17. The van der Waals surface area contributed by atoms with Crippen molar-refractivity contribution in [2.75, 3.05) is 6.54 Å². The van der Waals surface area contributed by atoms with Gasteiger partial charge in [-0.2, -0.15) is 0 Å². The van der Waals surface area contributed by atoms with E-state index in [4.69, 9.17) is 0 Å². The van der Waals surface area contributed by atoms with E-state index >= 15 is 0 Å². The first-order valence-corrected chi connectivity index (χ1v) is 7.99. The van der Waals surface area contributed by atoms with E-state index in [9.17, 15) is 4.39 Å². The van der Waals surface area contributed by atoms with Gasteiger partial charge in [0.05, 0.1) is 0 Å². The van der Waals surface area contributed by atoms with Crippen molar-refractivity contribution in [3.63, 3.8) is 0 Å². The summed E-state index contributed by atoms with van der Waals surface area (Å²) in [5.74, 6) is -0.117. The lowest BCUT2D eigenvalue weighted by molar-refractivity contribution is 0.494. The van der Waals surface area contributed by atoms with Crippen LogP contribution in [-0.4, -0.2) is 11.5 Å². The van der Waals surface area contributed by atoms with Crippen LogP contribution in [0, 0.1) is 12.7 Å². The van der Waals surface area contributed by atoms with E-state index in [0.717, 1.165) is 28.6 Å². The Kier molecular flexibility index (Phi) is 5.88. The van der Waals surface area contributed by atoms with Crippen LogP contribution in [0.15, 0.2) is 41.1 Å². The van der Waals surface area contributed by atoms with E-state index in [-0.39, 0.29) is 11.9 Å². The SMILES string of the molecule is CCCNC(Cc1cncc(Br)c1)c1cccc(C)c1F. The highest BCUT2D eigenvalue weighted by molar-refractivity contribution is 9.10. The molecule has 0 saturated heterocycles. The second-order valence-corrected chi connectivity index (χ2v) is 6.12. The van der Waals surface area contributed by atoms with Crippen molar-refractivity contribution in [3.05, 3.63) is 63.6 Å². The number of rotatable bonds is 6. The second-order valence-electron chi connectivity index (χ2n) is 5.20. The van der Waals surface area contributed by atoms with Gasteiger partial charge in [0, 0.05) is 28.5 Å². The molecule has 2 rings (SSSR count). The molecule has 1 unspecified atom stereocenters. The fourth-order valence-electron chi connectivity index (χ4n) is 2.35. The van der Waals surface area contributed by atoms with Crippen LogP contribution in [0.25, 0.3) is 0 Å². The Bertz CT molecular complexity index is 601. The largest absolute Gasteiger partial charge is 0.310 e. The number of aryl methyl sites for hydroxylation is 1. The number of hydrogen-bond donors (Lipinski definition) is 1. The number of aromatic nitrogens is 1. The molecule has 0 amide bonds. The molecular formula is C17H20BrFN2. The number of nitrogens with one attached hydrogen (secondary N) is 1. The fourth-order valence-corrected chi connectivity index (χ4v) is 2.77. The molecule has 0 aliphatic carbocycles. The summed E-state index contributed by atoms with van der Waals surface area (Å²) in [4.78, 5) is 4.18. The zero-order valence-electron chi connectivity index (χ0n) is 12.4. The van der Waals surface area contributed by atoms with Crippen molar-refractivity contribution in [1.82, 2.24) is 10.3 Å². The Morgan fingerprint density at radius 3 is 2.86 bits per heavy atom. The topological polar surface area (TPSA) is 24.9 Å². The van der Waals surface area contributed by atoms with Crippen molar-refractivity contribution in [3.8, 4) is 0 Å². The molecule has 0 radical (unpaired) electrons. The van der Waals surface area contributed by atoms with Gasteiger partial charge in [-0.3, -0.25) is 4.98 Å². The maximum absolute atomic E-state index is 14.4. The molecule has 1 aromatic carbocycles. The normalized spacial score (nSPS) is 12.4. The molecule has 1 N–H and O–H groups in total. The minimum Gasteiger partial charge on any atom is -0.310 e. The van der Waals surface area contributed by atoms with Gasteiger partial charge in [0.25, 0.3) is 0 Å². The van der Waals surface area contributed by atoms with Crippen LogP contribution in [0.2, 0.25) is 0 Å². The molecule has 1 heterocycles. The van der Waals surface area contributed by atoms with Gasteiger partial charge in [-0.1, -0.05) is 25.1 Å². The number of benzene rings is 1. The first-order chi connectivity index (χ1) is 10.1. The molecule has 2 aromatic rings. The molecule has 0 aliphatic rings. The molecule has 1 atom stereocenters. The minimum atomic E-state index is -0.117. The summed E-state index contributed by atoms with van der Waals surface area (Å²) in [6.45, 7) is 4.77. The molecule has 0 aliphatic heterocycles. The first-order valence-electron chi connectivity index (χ1n) is 7.19. The molecule has 2 nitrogen and oxygen atoms in total. The van der Waals surface area contributed by atoms with Gasteiger partial charge in [0.1, 0.15) is 5.82 Å². The van der Waals surface area contributed by atoms with Crippen LogP contribution in [0.5, 0.6) is 0 Å². The van der Waals surface area contributed by atoms with Crippen LogP contribution in [0.3, 0.4) is 0 Å². The van der Waals surface area contributed by atoms with Gasteiger partial charge in [0.2, 0.25) is 0 Å². The van der Waals surface area contributed by atoms with Gasteiger partial charge in [-0.15, -0.1) is 0 Å². The van der Waals surface area contributed by atoms with E-state index in [2.05, 4.69) is 33.2 Å². The molecule has 1 aromatic heterocycles. The lowest BCUT2D eigenvalue weighted by Crippen LogP contribution is -2.25. The summed E-state index contributed by atoms with van der Waals surface area (Å²) in [5, 5.41) is 3.44. The summed E-state index contributed by atoms with van der Waals surface area (Å²) in [5.41, 5.74) is 2.49. The average Bonchev–Trinajstić information content (AvgIpc) is 2.47. The van der Waals surface area contributed by atoms with Crippen molar-refractivity contribution in [1.29, 1.82) is 0 Å². The molecule has 4 heteroatoms. The zero-order chi connectivity index (χ0) is 15.2. The first kappa shape index (κ1) is 16.1. The average molecular weight is 351 g/mol. The third kappa shape index (κ3) is 4.35. The number of hydrogen-bond acceptors (Lipinski definition) is 2. The summed E-state index contributed by atoms with van der Waals surface area (Å²) in [6.07, 6.45) is 5.32. The van der Waals surface area contributed by atoms with Crippen LogP contribution in [0.4, 0.5) is 4.39 Å². The maximum atomic E-state index is 14.4. The maximum Gasteiger partial charge on any atom is 0.130 e. The van der Waals surface area contributed by atoms with Crippen molar-refractivity contribution in [2.24, 2.45) is 0 Å². The van der Waals surface area contributed by atoms with Crippen LogP contribution < -0.4 is 5.32 Å². The third-order valence-electron chi connectivity index (χ3n) is 3.44. The molecular weight excluding hydrogens is 331 g/mol. The monoisotopic (exact) mass is 350 g/mol. The van der Waals surface area contributed by atoms with Crippen molar-refractivity contribution in [2.45, 2.75) is 32.7 Å². The zero-order valence-corrected chi connectivity index (χ0v) is 14.0. The van der Waals surface area contributed by atoms with E-state index in [0.29, 0.717) is 12.0 Å². The summed E-state index contributed by atoms with van der Waals surface area (Å²) in [6, 6.07) is 7.56. The van der Waals surface area contributed by atoms with Gasteiger partial charge >= 0.3 is 0 Å². The molecule has 0 spiro atoms. The highest BCUT2D eigenvalue weighted by atomic mass is 79.9. The Balaban J connectivity index is 2.27. The van der Waals surface area contributed by atoms with E-state index in [1.54, 1.807) is 19.2 Å². The lowest BCUT2D eigenvalue weighted by atomic mass is 9.97. The molecule has 0 saturated carbocycles. The number of nitrogens with zero attached hydrogens (tertiary/aromatic N) is 1. The van der Waals surface area contributed by atoms with Gasteiger partial charge < -0.3 is 5.32 Å². The predicted octanol–water partition coefficient (Wildman–Crippen LogP) is 4.58. The van der Waals surface area contributed by atoms with Gasteiger partial charge in [0.15, 0.2) is 0 Å². The Morgan fingerprint density at radius 1 is 1.33 bits per heavy atom. The third-order valence-corrected chi connectivity index (χ3v) is 3.87. The van der Waals surface area contributed by atoms with E-state index in [1.807, 2.05) is 24.4 Å². The predicted molar refractivity (Wildman–Crippen MR) is 87.8 cm³/mol.